The number of nitrogens with one attached hydrogen (secondary N) is 2. The zero-order valence-electron chi connectivity index (χ0n) is 12.4. The molecule has 0 spiro atoms. The van der Waals surface area contributed by atoms with E-state index in [1.807, 2.05) is 13.8 Å². The van der Waals surface area contributed by atoms with Crippen molar-refractivity contribution in [2.24, 2.45) is 7.05 Å². The maximum absolute atomic E-state index is 11.9. The molecular weight excluding hydrogens is 274 g/mol. The van der Waals surface area contributed by atoms with Gasteiger partial charge in [0.15, 0.2) is 5.65 Å². The molecule has 0 radical (unpaired) electrons. The molecule has 2 aromatic rings. The minimum Gasteiger partial charge on any atom is -0.343 e. The van der Waals surface area contributed by atoms with Crippen LogP contribution in [0.15, 0.2) is 9.59 Å². The molecule has 8 heteroatoms. The van der Waals surface area contributed by atoms with E-state index < -0.39 is 11.2 Å². The molecule has 2 heterocycles. The molecule has 2 rings (SSSR count). The first-order chi connectivity index (χ1) is 9.97. The van der Waals surface area contributed by atoms with Crippen molar-refractivity contribution >= 4 is 17.1 Å². The average molecular weight is 293 g/mol. The zero-order chi connectivity index (χ0) is 15.6. The molecule has 0 saturated heterocycles. The number of nitrogens with zero attached hydrogens (tertiary/aromatic N) is 3. The topological polar surface area (TPSA) is 104 Å². The molecular formula is C13H19N5O3. The van der Waals surface area contributed by atoms with Gasteiger partial charge in [-0.25, -0.2) is 9.78 Å². The Bertz CT molecular complexity index is 766. The fraction of sp³-hybridized carbons (Fsp3) is 0.538. The Hall–Kier alpha value is -2.38. The molecule has 0 aliphatic heterocycles. The Morgan fingerprint density at radius 2 is 1.90 bits per heavy atom. The number of carbonyl (C=O) groups excluding carboxylic acids is 1. The summed E-state index contributed by atoms with van der Waals surface area (Å²) in [6.45, 7) is 5.20. The van der Waals surface area contributed by atoms with Gasteiger partial charge in [0.1, 0.15) is 11.3 Å². The van der Waals surface area contributed by atoms with Crippen LogP contribution in [0.2, 0.25) is 0 Å². The largest absolute Gasteiger partial charge is 0.343 e. The van der Waals surface area contributed by atoms with E-state index in [4.69, 9.17) is 0 Å². The number of carbonyl (C=O) groups is 1. The van der Waals surface area contributed by atoms with Gasteiger partial charge < -0.3 is 9.88 Å². The van der Waals surface area contributed by atoms with E-state index in [0.717, 1.165) is 0 Å². The second-order valence-electron chi connectivity index (χ2n) is 4.77. The summed E-state index contributed by atoms with van der Waals surface area (Å²) in [7, 11) is 1.53. The highest BCUT2D eigenvalue weighted by molar-refractivity contribution is 5.76. The van der Waals surface area contributed by atoms with Crippen molar-refractivity contribution in [3.8, 4) is 0 Å². The minimum absolute atomic E-state index is 0.0447. The van der Waals surface area contributed by atoms with Crippen molar-refractivity contribution in [1.29, 1.82) is 0 Å². The second kappa shape index (κ2) is 5.94. The number of imidazole rings is 1. The van der Waals surface area contributed by atoms with E-state index in [9.17, 15) is 14.4 Å². The van der Waals surface area contributed by atoms with Crippen LogP contribution in [-0.2, 0) is 18.3 Å². The predicted molar refractivity (Wildman–Crippen MR) is 78.2 cm³/mol. The van der Waals surface area contributed by atoms with Crippen molar-refractivity contribution in [1.82, 2.24) is 24.4 Å². The number of rotatable bonds is 5. The van der Waals surface area contributed by atoms with Crippen LogP contribution in [0, 0.1) is 0 Å². The molecule has 0 unspecified atom stereocenters. The summed E-state index contributed by atoms with van der Waals surface area (Å²) in [6, 6.07) is 0. The van der Waals surface area contributed by atoms with Gasteiger partial charge in [-0.15, -0.1) is 0 Å². The van der Waals surface area contributed by atoms with Crippen LogP contribution in [0.5, 0.6) is 0 Å². The Labute approximate surface area is 120 Å². The van der Waals surface area contributed by atoms with Crippen LogP contribution in [0.25, 0.3) is 11.2 Å². The van der Waals surface area contributed by atoms with E-state index >= 15 is 0 Å². The summed E-state index contributed by atoms with van der Waals surface area (Å²) in [6.07, 6.45) is 0.713. The molecule has 2 aromatic heterocycles. The van der Waals surface area contributed by atoms with Gasteiger partial charge in [-0.2, -0.15) is 0 Å². The molecule has 8 nitrogen and oxygen atoms in total. The normalized spacial score (nSPS) is 11.0. The third-order valence-corrected chi connectivity index (χ3v) is 3.50. The van der Waals surface area contributed by atoms with Crippen molar-refractivity contribution in [2.75, 3.05) is 13.1 Å². The van der Waals surface area contributed by atoms with Crippen LogP contribution in [0.4, 0.5) is 0 Å². The standard InChI is InChI=1S/C13H19N5O3/c1-4-18(5-2)9(19)7-6-8-14-10-11(15-8)17(3)13(21)16-12(10)20/h4-7H2,1-3H3,(H,14,15)(H,16,20,21). The molecule has 0 aliphatic rings. The molecule has 0 bridgehead atoms. The van der Waals surface area contributed by atoms with Gasteiger partial charge in [-0.3, -0.25) is 19.1 Å². The van der Waals surface area contributed by atoms with Gasteiger partial charge in [0.05, 0.1) is 0 Å². The van der Waals surface area contributed by atoms with Crippen molar-refractivity contribution < 1.29 is 4.79 Å². The maximum atomic E-state index is 11.9. The van der Waals surface area contributed by atoms with Gasteiger partial charge in [-0.1, -0.05) is 0 Å². The number of fused-ring (bicyclic) bond motifs is 1. The quantitative estimate of drug-likeness (QED) is 0.793. The second-order valence-corrected chi connectivity index (χ2v) is 4.77. The number of H-pyrrole nitrogens is 2. The first-order valence-electron chi connectivity index (χ1n) is 6.93. The monoisotopic (exact) mass is 293 g/mol. The summed E-state index contributed by atoms with van der Waals surface area (Å²) >= 11 is 0. The SMILES string of the molecule is CCN(CC)C(=O)CCc1nc2c([nH]1)c(=O)[nH]c(=O)n2C. The van der Waals surface area contributed by atoms with Gasteiger partial charge in [0.2, 0.25) is 5.91 Å². The van der Waals surface area contributed by atoms with Crippen molar-refractivity contribution in [3.05, 3.63) is 26.7 Å². The lowest BCUT2D eigenvalue weighted by Crippen LogP contribution is -2.30. The summed E-state index contributed by atoms with van der Waals surface area (Å²) in [5, 5.41) is 0. The Kier molecular flexibility index (Phi) is 4.25. The van der Waals surface area contributed by atoms with Crippen LogP contribution in [0.3, 0.4) is 0 Å². The van der Waals surface area contributed by atoms with E-state index in [0.29, 0.717) is 37.4 Å². The van der Waals surface area contributed by atoms with Gasteiger partial charge in [0, 0.05) is 33.0 Å². The summed E-state index contributed by atoms with van der Waals surface area (Å²) in [5.41, 5.74) is -0.455. The summed E-state index contributed by atoms with van der Waals surface area (Å²) in [5.74, 6) is 0.570. The molecule has 21 heavy (non-hydrogen) atoms. The number of amides is 1. The van der Waals surface area contributed by atoms with Crippen LogP contribution in [-0.4, -0.2) is 43.4 Å². The van der Waals surface area contributed by atoms with Gasteiger partial charge in [0.25, 0.3) is 5.56 Å². The first kappa shape index (κ1) is 15.0. The fourth-order valence-electron chi connectivity index (χ4n) is 2.23. The van der Waals surface area contributed by atoms with Gasteiger partial charge in [-0.05, 0) is 13.8 Å². The maximum Gasteiger partial charge on any atom is 0.329 e. The molecule has 0 atom stereocenters. The lowest BCUT2D eigenvalue weighted by molar-refractivity contribution is -0.130. The zero-order valence-corrected chi connectivity index (χ0v) is 12.4. The van der Waals surface area contributed by atoms with E-state index in [1.54, 1.807) is 4.90 Å². The Balaban J connectivity index is 2.23. The number of aryl methyl sites for hydroxylation is 2. The molecule has 0 saturated carbocycles. The van der Waals surface area contributed by atoms with Crippen LogP contribution >= 0.6 is 0 Å². The van der Waals surface area contributed by atoms with Gasteiger partial charge >= 0.3 is 5.69 Å². The number of hydrogen-bond donors (Lipinski definition) is 2. The van der Waals surface area contributed by atoms with E-state index in [1.165, 1.54) is 11.6 Å². The first-order valence-corrected chi connectivity index (χ1v) is 6.93. The summed E-state index contributed by atoms with van der Waals surface area (Å²) in [4.78, 5) is 46.2. The molecule has 114 valence electrons. The lowest BCUT2D eigenvalue weighted by Gasteiger charge is -2.17. The summed E-state index contributed by atoms with van der Waals surface area (Å²) < 4.78 is 1.27. The minimum atomic E-state index is -0.509. The predicted octanol–water partition coefficient (Wildman–Crippen LogP) is -0.249. The fourth-order valence-corrected chi connectivity index (χ4v) is 2.23. The molecule has 1 amide bonds. The Morgan fingerprint density at radius 3 is 2.52 bits per heavy atom. The van der Waals surface area contributed by atoms with Crippen LogP contribution in [0.1, 0.15) is 26.1 Å². The van der Waals surface area contributed by atoms with Crippen LogP contribution < -0.4 is 11.2 Å². The van der Waals surface area contributed by atoms with E-state index in [-0.39, 0.29) is 11.4 Å². The third-order valence-electron chi connectivity index (χ3n) is 3.50. The molecule has 2 N–H and O–H groups in total. The average Bonchev–Trinajstić information content (AvgIpc) is 2.89. The Morgan fingerprint density at radius 1 is 1.24 bits per heavy atom. The third kappa shape index (κ3) is 2.88. The highest BCUT2D eigenvalue weighted by atomic mass is 16.2. The van der Waals surface area contributed by atoms with E-state index in [2.05, 4.69) is 15.0 Å². The number of aromatic nitrogens is 4. The van der Waals surface area contributed by atoms with Crippen molar-refractivity contribution in [2.45, 2.75) is 26.7 Å². The molecule has 0 aliphatic carbocycles. The molecule has 0 fully saturated rings. The molecule has 0 aromatic carbocycles. The smallest absolute Gasteiger partial charge is 0.329 e. The highest BCUT2D eigenvalue weighted by Crippen LogP contribution is 2.07. The highest BCUT2D eigenvalue weighted by Gasteiger charge is 2.13. The lowest BCUT2D eigenvalue weighted by atomic mass is 10.2. The van der Waals surface area contributed by atoms with Crippen molar-refractivity contribution in [3.63, 3.8) is 0 Å². The number of hydrogen-bond acceptors (Lipinski definition) is 4. The number of aromatic amines is 2.